The third kappa shape index (κ3) is 2.44. The molecule has 8 heteroatoms. The summed E-state index contributed by atoms with van der Waals surface area (Å²) in [7, 11) is 0. The van der Waals surface area contributed by atoms with E-state index in [1.54, 1.807) is 10.9 Å². The lowest BCUT2D eigenvalue weighted by atomic mass is 10.1. The number of carbonyl (C=O) groups excluding carboxylic acids is 1. The van der Waals surface area contributed by atoms with Crippen LogP contribution in [0.5, 0.6) is 0 Å². The van der Waals surface area contributed by atoms with Crippen LogP contribution in [0.4, 0.5) is 11.6 Å². The van der Waals surface area contributed by atoms with E-state index in [2.05, 4.69) is 15.6 Å². The maximum absolute atomic E-state index is 12.5. The Morgan fingerprint density at radius 3 is 3.00 bits per heavy atom. The standard InChI is InChI=1S/C15H15N5O2S/c1-7-5-10-12(16)13(23-15(10)17-8(7)2)14(21)18-11-6-20(19-22-11)9-3-4-9/h5-6,9H,3-4H2,1-2H3,(H2-,16,18,19,21)/p+1. The number of nitrogens with one attached hydrogen (secondary N) is 1. The molecule has 0 bridgehead atoms. The van der Waals surface area contributed by atoms with Crippen molar-refractivity contribution in [1.82, 2.24) is 10.3 Å². The van der Waals surface area contributed by atoms with Gasteiger partial charge in [-0.15, -0.1) is 11.3 Å². The van der Waals surface area contributed by atoms with Gasteiger partial charge in [0.25, 0.3) is 12.1 Å². The first kappa shape index (κ1) is 14.1. The molecule has 1 saturated carbocycles. The quantitative estimate of drug-likeness (QED) is 0.718. The highest BCUT2D eigenvalue weighted by Gasteiger charge is 2.36. The summed E-state index contributed by atoms with van der Waals surface area (Å²) in [6.07, 6.45) is 3.89. The third-order valence-corrected chi connectivity index (χ3v) is 5.13. The summed E-state index contributed by atoms with van der Waals surface area (Å²) in [5.41, 5.74) is 8.57. The van der Waals surface area contributed by atoms with Crippen molar-refractivity contribution >= 4 is 39.0 Å². The van der Waals surface area contributed by atoms with E-state index in [0.29, 0.717) is 22.5 Å². The van der Waals surface area contributed by atoms with Crippen LogP contribution in [0.25, 0.3) is 10.2 Å². The molecule has 0 unspecified atom stereocenters. The molecule has 4 rings (SSSR count). The molecular weight excluding hydrogens is 314 g/mol. The molecule has 3 aromatic heterocycles. The summed E-state index contributed by atoms with van der Waals surface area (Å²) in [5.74, 6) is 0.0129. The fraction of sp³-hybridized carbons (Fsp3) is 0.333. The summed E-state index contributed by atoms with van der Waals surface area (Å²) in [4.78, 5) is 18.2. The SMILES string of the molecule is Cc1cc2c(N)c(C(=O)Nc3c[n+](C4CC4)no3)sc2nc1C. The van der Waals surface area contributed by atoms with Gasteiger partial charge in [-0.3, -0.25) is 14.6 Å². The molecule has 0 aliphatic heterocycles. The van der Waals surface area contributed by atoms with Gasteiger partial charge < -0.3 is 5.73 Å². The highest BCUT2D eigenvalue weighted by atomic mass is 32.1. The van der Waals surface area contributed by atoms with E-state index in [4.69, 9.17) is 10.3 Å². The van der Waals surface area contributed by atoms with Gasteiger partial charge in [-0.25, -0.2) is 4.98 Å². The number of aromatic nitrogens is 3. The lowest BCUT2D eigenvalue weighted by Gasteiger charge is -1.99. The number of thiophene rings is 1. The number of nitrogens with two attached hydrogens (primary N) is 1. The van der Waals surface area contributed by atoms with Crippen molar-refractivity contribution in [1.29, 1.82) is 0 Å². The van der Waals surface area contributed by atoms with E-state index in [1.165, 1.54) is 11.3 Å². The Balaban J connectivity index is 1.64. The number of carbonyl (C=O) groups is 1. The molecule has 0 atom stereocenters. The lowest BCUT2D eigenvalue weighted by molar-refractivity contribution is -0.765. The number of hydrogen-bond acceptors (Lipinski definition) is 6. The number of rotatable bonds is 3. The van der Waals surface area contributed by atoms with E-state index in [9.17, 15) is 4.79 Å². The second-order valence-electron chi connectivity index (χ2n) is 5.82. The minimum Gasteiger partial charge on any atom is -0.397 e. The van der Waals surface area contributed by atoms with Crippen LogP contribution in [-0.2, 0) is 0 Å². The average Bonchev–Trinajstić information content (AvgIpc) is 3.19. The van der Waals surface area contributed by atoms with Crippen LogP contribution in [-0.4, -0.2) is 16.2 Å². The number of anilines is 2. The van der Waals surface area contributed by atoms with Gasteiger partial charge in [0.15, 0.2) is 6.04 Å². The van der Waals surface area contributed by atoms with Crippen molar-refractivity contribution in [2.75, 3.05) is 11.1 Å². The minimum absolute atomic E-state index is 0.306. The van der Waals surface area contributed by atoms with Crippen molar-refractivity contribution in [2.24, 2.45) is 0 Å². The molecule has 0 radical (unpaired) electrons. The van der Waals surface area contributed by atoms with Gasteiger partial charge in [0.1, 0.15) is 9.71 Å². The molecule has 3 N–H and O–H groups in total. The number of nitrogens with zero attached hydrogens (tertiary/aromatic N) is 3. The fourth-order valence-corrected chi connectivity index (χ4v) is 3.41. The molecule has 1 fully saturated rings. The highest BCUT2D eigenvalue weighted by molar-refractivity contribution is 7.21. The molecule has 3 aromatic rings. The number of pyridine rings is 1. The zero-order valence-electron chi connectivity index (χ0n) is 12.8. The highest BCUT2D eigenvalue weighted by Crippen LogP contribution is 2.34. The topological polar surface area (TPSA) is 97.9 Å². The summed E-state index contributed by atoms with van der Waals surface area (Å²) >= 11 is 1.28. The largest absolute Gasteiger partial charge is 0.397 e. The van der Waals surface area contributed by atoms with Gasteiger partial charge in [0, 0.05) is 23.9 Å². The average molecular weight is 330 g/mol. The Bertz CT molecular complexity index is 925. The molecule has 23 heavy (non-hydrogen) atoms. The smallest absolute Gasteiger partial charge is 0.302 e. The van der Waals surface area contributed by atoms with Gasteiger partial charge in [-0.1, -0.05) is 0 Å². The van der Waals surface area contributed by atoms with Crippen LogP contribution in [0.1, 0.15) is 39.8 Å². The molecule has 0 saturated heterocycles. The third-order valence-electron chi connectivity index (χ3n) is 4.01. The molecule has 1 aliphatic rings. The van der Waals surface area contributed by atoms with Gasteiger partial charge >= 0.3 is 5.88 Å². The van der Waals surface area contributed by atoms with Crippen molar-refractivity contribution in [3.63, 3.8) is 0 Å². The fourth-order valence-electron chi connectivity index (χ4n) is 2.39. The molecule has 0 aromatic carbocycles. The summed E-state index contributed by atoms with van der Waals surface area (Å²) in [6, 6.07) is 2.37. The number of amides is 1. The van der Waals surface area contributed by atoms with Gasteiger partial charge in [0.2, 0.25) is 5.27 Å². The molecular formula is C15H16N5O2S+. The maximum atomic E-state index is 12.5. The monoisotopic (exact) mass is 330 g/mol. The summed E-state index contributed by atoms with van der Waals surface area (Å²) in [5, 5.41) is 7.42. The van der Waals surface area contributed by atoms with Crippen LogP contribution in [0, 0.1) is 13.8 Å². The zero-order chi connectivity index (χ0) is 16.1. The number of hydrogen-bond donors (Lipinski definition) is 2. The van der Waals surface area contributed by atoms with Crippen LogP contribution in [0.2, 0.25) is 0 Å². The second kappa shape index (κ2) is 5.02. The molecule has 0 spiro atoms. The van der Waals surface area contributed by atoms with Crippen molar-refractivity contribution in [2.45, 2.75) is 32.7 Å². The Kier molecular flexibility index (Phi) is 3.08. The zero-order valence-corrected chi connectivity index (χ0v) is 13.6. The Morgan fingerprint density at radius 2 is 2.26 bits per heavy atom. The predicted molar refractivity (Wildman–Crippen MR) is 86.4 cm³/mol. The van der Waals surface area contributed by atoms with Crippen molar-refractivity contribution in [3.05, 3.63) is 28.4 Å². The van der Waals surface area contributed by atoms with Crippen molar-refractivity contribution in [3.8, 4) is 0 Å². The van der Waals surface area contributed by atoms with Crippen LogP contribution in [0.15, 0.2) is 16.8 Å². The normalized spacial score (nSPS) is 14.3. The van der Waals surface area contributed by atoms with E-state index in [0.717, 1.165) is 34.3 Å². The molecule has 1 aliphatic carbocycles. The van der Waals surface area contributed by atoms with Gasteiger partial charge in [-0.2, -0.15) is 0 Å². The second-order valence-corrected chi connectivity index (χ2v) is 6.82. The molecule has 7 nitrogen and oxygen atoms in total. The first-order valence-corrected chi connectivity index (χ1v) is 8.20. The predicted octanol–water partition coefficient (Wildman–Crippen LogP) is 2.36. The van der Waals surface area contributed by atoms with E-state index in [-0.39, 0.29) is 5.91 Å². The van der Waals surface area contributed by atoms with Crippen LogP contribution < -0.4 is 15.7 Å². The minimum atomic E-state index is -0.306. The van der Waals surface area contributed by atoms with Crippen molar-refractivity contribution < 1.29 is 14.0 Å². The lowest BCUT2D eigenvalue weighted by Crippen LogP contribution is -2.32. The molecule has 118 valence electrons. The van der Waals surface area contributed by atoms with Gasteiger partial charge in [-0.05, 0) is 30.2 Å². The van der Waals surface area contributed by atoms with E-state index >= 15 is 0 Å². The van der Waals surface area contributed by atoms with E-state index in [1.807, 2.05) is 19.9 Å². The molecule has 3 heterocycles. The van der Waals surface area contributed by atoms with E-state index < -0.39 is 0 Å². The first-order chi connectivity index (χ1) is 11.0. The first-order valence-electron chi connectivity index (χ1n) is 7.38. The summed E-state index contributed by atoms with van der Waals surface area (Å²) < 4.78 is 6.87. The Labute approximate surface area is 136 Å². The number of fused-ring (bicyclic) bond motifs is 1. The summed E-state index contributed by atoms with van der Waals surface area (Å²) in [6.45, 7) is 3.92. The Hall–Kier alpha value is -2.48. The van der Waals surface area contributed by atoms with Crippen LogP contribution >= 0.6 is 11.3 Å². The molecule has 1 amide bonds. The maximum Gasteiger partial charge on any atom is 0.302 e. The number of nitrogen functional groups attached to an aromatic ring is 1. The van der Waals surface area contributed by atoms with Crippen LogP contribution in [0.3, 0.4) is 0 Å². The Morgan fingerprint density at radius 1 is 1.48 bits per heavy atom. The number of aryl methyl sites for hydroxylation is 2. The van der Waals surface area contributed by atoms with Gasteiger partial charge in [0.05, 0.1) is 5.69 Å².